The fraction of sp³-hybridized carbons (Fsp3) is 0.222. The van der Waals surface area contributed by atoms with Gasteiger partial charge in [0.05, 0.1) is 6.61 Å². The van der Waals surface area contributed by atoms with Crippen LogP contribution in [0.25, 0.3) is 0 Å². The Morgan fingerprint density at radius 3 is 1.70 bits per heavy atom. The maximum absolute atomic E-state index is 8.85. The minimum Gasteiger partial charge on any atom is -0.392 e. The Bertz CT molecular complexity index is 466. The fourth-order valence-electron chi connectivity index (χ4n) is 2.17. The molecule has 0 aliphatic rings. The van der Waals surface area contributed by atoms with Crippen LogP contribution in [0.15, 0.2) is 72.8 Å². The molecule has 20 heavy (non-hydrogen) atoms. The molecular formula is C18H21NO. The maximum atomic E-state index is 8.85. The maximum Gasteiger partial charge on any atom is 0.0612 e. The average Bonchev–Trinajstić information content (AvgIpc) is 2.49. The van der Waals surface area contributed by atoms with Crippen LogP contribution in [0.4, 0.5) is 0 Å². The van der Waals surface area contributed by atoms with Crippen LogP contribution >= 0.6 is 0 Å². The van der Waals surface area contributed by atoms with E-state index in [1.54, 1.807) is 6.08 Å². The van der Waals surface area contributed by atoms with Crippen molar-refractivity contribution in [3.63, 3.8) is 0 Å². The van der Waals surface area contributed by atoms with E-state index in [0.717, 1.165) is 19.6 Å². The van der Waals surface area contributed by atoms with E-state index in [1.807, 2.05) is 18.2 Å². The third-order valence-electron chi connectivity index (χ3n) is 3.13. The Morgan fingerprint density at radius 2 is 1.25 bits per heavy atom. The minimum absolute atomic E-state index is 0.102. The Balaban J connectivity index is 2.02. The summed E-state index contributed by atoms with van der Waals surface area (Å²) >= 11 is 0. The van der Waals surface area contributed by atoms with Gasteiger partial charge in [0.15, 0.2) is 0 Å². The summed E-state index contributed by atoms with van der Waals surface area (Å²) in [7, 11) is 0. The molecule has 2 aromatic rings. The number of benzene rings is 2. The zero-order valence-electron chi connectivity index (χ0n) is 11.7. The van der Waals surface area contributed by atoms with E-state index in [2.05, 4.69) is 53.4 Å². The first kappa shape index (κ1) is 14.5. The normalized spacial score (nSPS) is 11.3. The Labute approximate surface area is 121 Å². The van der Waals surface area contributed by atoms with Crippen LogP contribution in [-0.2, 0) is 13.1 Å². The van der Waals surface area contributed by atoms with E-state index < -0.39 is 0 Å². The van der Waals surface area contributed by atoms with Crippen LogP contribution in [0.2, 0.25) is 0 Å². The topological polar surface area (TPSA) is 23.5 Å². The summed E-state index contributed by atoms with van der Waals surface area (Å²) in [5, 5.41) is 8.85. The molecule has 0 fully saturated rings. The Kier molecular flexibility index (Phi) is 6.03. The van der Waals surface area contributed by atoms with Crippen molar-refractivity contribution in [2.75, 3.05) is 13.2 Å². The van der Waals surface area contributed by atoms with Crippen molar-refractivity contribution in [2.45, 2.75) is 13.1 Å². The van der Waals surface area contributed by atoms with Crippen LogP contribution in [0.5, 0.6) is 0 Å². The zero-order chi connectivity index (χ0) is 14.0. The molecule has 0 radical (unpaired) electrons. The molecule has 0 saturated heterocycles. The first-order chi connectivity index (χ1) is 9.88. The third-order valence-corrected chi connectivity index (χ3v) is 3.13. The molecule has 1 N–H and O–H groups in total. The molecule has 0 saturated carbocycles. The lowest BCUT2D eigenvalue weighted by Crippen LogP contribution is -2.23. The lowest BCUT2D eigenvalue weighted by atomic mass is 10.1. The number of aliphatic hydroxyl groups excluding tert-OH is 1. The van der Waals surface area contributed by atoms with Gasteiger partial charge in [-0.3, -0.25) is 4.90 Å². The van der Waals surface area contributed by atoms with Gasteiger partial charge in [-0.1, -0.05) is 72.8 Å². The van der Waals surface area contributed by atoms with Crippen LogP contribution in [0, 0.1) is 0 Å². The van der Waals surface area contributed by atoms with Crippen molar-refractivity contribution in [3.05, 3.63) is 83.9 Å². The van der Waals surface area contributed by atoms with Crippen LogP contribution in [0.1, 0.15) is 11.1 Å². The Hall–Kier alpha value is -1.90. The van der Waals surface area contributed by atoms with Crippen molar-refractivity contribution < 1.29 is 5.11 Å². The molecule has 0 amide bonds. The van der Waals surface area contributed by atoms with E-state index in [0.29, 0.717) is 0 Å². The molecule has 0 aromatic heterocycles. The highest BCUT2D eigenvalue weighted by Crippen LogP contribution is 2.09. The van der Waals surface area contributed by atoms with E-state index in [9.17, 15) is 0 Å². The lowest BCUT2D eigenvalue weighted by Gasteiger charge is -2.21. The van der Waals surface area contributed by atoms with Gasteiger partial charge >= 0.3 is 0 Å². The molecule has 2 aromatic carbocycles. The summed E-state index contributed by atoms with van der Waals surface area (Å²) in [6.45, 7) is 2.76. The van der Waals surface area contributed by atoms with Gasteiger partial charge in [-0.25, -0.2) is 0 Å². The molecular weight excluding hydrogens is 247 g/mol. The van der Waals surface area contributed by atoms with Crippen molar-refractivity contribution in [3.8, 4) is 0 Å². The van der Waals surface area contributed by atoms with Gasteiger partial charge in [0.1, 0.15) is 0 Å². The summed E-state index contributed by atoms with van der Waals surface area (Å²) in [6.07, 6.45) is 3.81. The van der Waals surface area contributed by atoms with Crippen LogP contribution < -0.4 is 0 Å². The second-order valence-electron chi connectivity index (χ2n) is 4.79. The molecule has 2 heteroatoms. The monoisotopic (exact) mass is 268 g/mol. The largest absolute Gasteiger partial charge is 0.392 e. The van der Waals surface area contributed by atoms with E-state index in [4.69, 9.17) is 5.11 Å². The SMILES string of the molecule is OC/[13CH]=C/CN(Cc1ccccc1)Cc1ccccc1. The first-order valence-corrected chi connectivity index (χ1v) is 6.94. The van der Waals surface area contributed by atoms with Gasteiger partial charge < -0.3 is 5.11 Å². The number of hydrogen-bond donors (Lipinski definition) is 1. The highest BCUT2D eigenvalue weighted by molar-refractivity contribution is 5.17. The highest BCUT2D eigenvalue weighted by atomic mass is 16.3. The van der Waals surface area contributed by atoms with Gasteiger partial charge in [0, 0.05) is 19.6 Å². The molecule has 0 aliphatic carbocycles. The van der Waals surface area contributed by atoms with E-state index in [-0.39, 0.29) is 6.61 Å². The van der Waals surface area contributed by atoms with Crippen molar-refractivity contribution in [1.29, 1.82) is 0 Å². The summed E-state index contributed by atoms with van der Waals surface area (Å²) in [5.74, 6) is 0. The van der Waals surface area contributed by atoms with Gasteiger partial charge in [0.2, 0.25) is 0 Å². The first-order valence-electron chi connectivity index (χ1n) is 6.94. The molecule has 0 unspecified atom stereocenters. The molecule has 2 nitrogen and oxygen atoms in total. The van der Waals surface area contributed by atoms with Gasteiger partial charge in [0.25, 0.3) is 0 Å². The Morgan fingerprint density at radius 1 is 0.750 bits per heavy atom. The number of aliphatic hydroxyl groups is 1. The van der Waals surface area contributed by atoms with Gasteiger partial charge in [-0.15, -0.1) is 0 Å². The lowest BCUT2D eigenvalue weighted by molar-refractivity contribution is 0.284. The smallest absolute Gasteiger partial charge is 0.0612 e. The quantitative estimate of drug-likeness (QED) is 0.615. The molecule has 0 heterocycles. The second-order valence-corrected chi connectivity index (χ2v) is 4.79. The fourth-order valence-corrected chi connectivity index (χ4v) is 2.17. The second kappa shape index (κ2) is 8.31. The number of nitrogens with zero attached hydrogens (tertiary/aromatic N) is 1. The van der Waals surface area contributed by atoms with Crippen LogP contribution in [0.3, 0.4) is 0 Å². The summed E-state index contributed by atoms with van der Waals surface area (Å²) in [5.41, 5.74) is 2.61. The zero-order valence-corrected chi connectivity index (χ0v) is 11.7. The summed E-state index contributed by atoms with van der Waals surface area (Å²) in [4.78, 5) is 2.36. The van der Waals surface area contributed by atoms with Gasteiger partial charge in [-0.2, -0.15) is 0 Å². The molecule has 0 atom stereocenters. The summed E-state index contributed by atoms with van der Waals surface area (Å²) in [6, 6.07) is 20.9. The molecule has 0 bridgehead atoms. The van der Waals surface area contributed by atoms with E-state index in [1.165, 1.54) is 11.1 Å². The highest BCUT2D eigenvalue weighted by Gasteiger charge is 2.05. The standard InChI is InChI=1S/C18H21NO/c20-14-8-7-13-19(15-17-9-3-1-4-10-17)16-18-11-5-2-6-12-18/h1-12,20H,13-16H2/b8-7+/i8+1. The molecule has 0 spiro atoms. The number of hydrogen-bond acceptors (Lipinski definition) is 2. The van der Waals surface area contributed by atoms with Crippen molar-refractivity contribution in [1.82, 2.24) is 4.90 Å². The van der Waals surface area contributed by atoms with Crippen LogP contribution in [-0.4, -0.2) is 23.2 Å². The minimum atomic E-state index is 0.102. The molecule has 2 rings (SSSR count). The molecule has 104 valence electrons. The number of rotatable bonds is 7. The van der Waals surface area contributed by atoms with Gasteiger partial charge in [-0.05, 0) is 11.1 Å². The molecule has 0 aliphatic heterocycles. The predicted octanol–water partition coefficient (Wildman–Crippen LogP) is 3.24. The third kappa shape index (κ3) is 5.00. The van der Waals surface area contributed by atoms with Crippen molar-refractivity contribution in [2.24, 2.45) is 0 Å². The van der Waals surface area contributed by atoms with E-state index >= 15 is 0 Å². The average molecular weight is 268 g/mol. The summed E-state index contributed by atoms with van der Waals surface area (Å²) < 4.78 is 0. The predicted molar refractivity (Wildman–Crippen MR) is 83.2 cm³/mol. The van der Waals surface area contributed by atoms with Crippen molar-refractivity contribution >= 4 is 0 Å².